The molecule has 28 heavy (non-hydrogen) atoms. The molecule has 1 rings (SSSR count). The van der Waals surface area contributed by atoms with E-state index in [0.717, 1.165) is 32.1 Å². The number of ether oxygens (including phenoxy) is 2. The van der Waals surface area contributed by atoms with Crippen LogP contribution < -0.4 is 0 Å². The highest BCUT2D eigenvalue weighted by Crippen LogP contribution is 2.35. The van der Waals surface area contributed by atoms with Crippen molar-refractivity contribution in [2.24, 2.45) is 22.7 Å². The minimum Gasteiger partial charge on any atom is -0.422 e. The topological polar surface area (TPSA) is 52.6 Å². The Kier molecular flexibility index (Phi) is 9.02. The van der Waals surface area contributed by atoms with Crippen LogP contribution in [0.4, 0.5) is 0 Å². The fourth-order valence-corrected chi connectivity index (χ4v) is 4.62. The molecule has 0 amide bonds. The largest absolute Gasteiger partial charge is 0.422 e. The molecule has 4 nitrogen and oxygen atoms in total. The van der Waals surface area contributed by atoms with Gasteiger partial charge in [-0.2, -0.15) is 0 Å². The summed E-state index contributed by atoms with van der Waals surface area (Å²) in [4.78, 5) is 25.2. The lowest BCUT2D eigenvalue weighted by Gasteiger charge is -2.36. The van der Waals surface area contributed by atoms with Crippen LogP contribution in [-0.4, -0.2) is 17.7 Å². The van der Waals surface area contributed by atoms with Gasteiger partial charge in [-0.1, -0.05) is 61.8 Å². The van der Waals surface area contributed by atoms with Crippen LogP contribution >= 0.6 is 0 Å². The van der Waals surface area contributed by atoms with E-state index in [-0.39, 0.29) is 34.6 Å². The Morgan fingerprint density at radius 1 is 0.750 bits per heavy atom. The van der Waals surface area contributed by atoms with Gasteiger partial charge in [0.05, 0.1) is 0 Å². The lowest BCUT2D eigenvalue weighted by molar-refractivity contribution is -0.239. The van der Waals surface area contributed by atoms with Gasteiger partial charge < -0.3 is 9.47 Å². The zero-order chi connectivity index (χ0) is 21.6. The Hall–Kier alpha value is -1.06. The van der Waals surface area contributed by atoms with E-state index >= 15 is 0 Å². The second-order valence-electron chi connectivity index (χ2n) is 11.6. The second kappa shape index (κ2) is 10.1. The number of rotatable bonds is 8. The number of carbonyl (C=O) groups excluding carboxylic acids is 2. The van der Waals surface area contributed by atoms with Crippen LogP contribution in [0, 0.1) is 22.7 Å². The first-order valence-corrected chi connectivity index (χ1v) is 11.1. The summed E-state index contributed by atoms with van der Waals surface area (Å²) in [5, 5.41) is 0. The quantitative estimate of drug-likeness (QED) is 0.340. The number of carbonyl (C=O) groups is 2. The number of hydrogen-bond acceptors (Lipinski definition) is 4. The van der Waals surface area contributed by atoms with E-state index in [1.165, 1.54) is 0 Å². The Balaban J connectivity index is 2.67. The molecule has 2 atom stereocenters. The van der Waals surface area contributed by atoms with Crippen LogP contribution in [0.15, 0.2) is 0 Å². The number of hydrogen-bond donors (Lipinski definition) is 0. The summed E-state index contributed by atoms with van der Waals surface area (Å²) in [6.07, 6.45) is 6.84. The van der Waals surface area contributed by atoms with Crippen molar-refractivity contribution in [3.8, 4) is 0 Å². The fourth-order valence-electron chi connectivity index (χ4n) is 4.62. The molecule has 0 N–H and O–H groups in total. The summed E-state index contributed by atoms with van der Waals surface area (Å²) in [5.41, 5.74) is 0.357. The smallest absolute Gasteiger partial charge is 0.309 e. The van der Waals surface area contributed by atoms with Gasteiger partial charge in [0.2, 0.25) is 0 Å². The zero-order valence-electron chi connectivity index (χ0n) is 19.7. The molecule has 1 saturated carbocycles. The molecule has 0 saturated heterocycles. The van der Waals surface area contributed by atoms with Crippen LogP contribution in [0.25, 0.3) is 0 Å². The predicted molar refractivity (Wildman–Crippen MR) is 114 cm³/mol. The van der Waals surface area contributed by atoms with E-state index in [1.807, 2.05) is 0 Å². The van der Waals surface area contributed by atoms with Gasteiger partial charge in [-0.3, -0.25) is 9.59 Å². The summed E-state index contributed by atoms with van der Waals surface area (Å²) >= 11 is 0. The van der Waals surface area contributed by atoms with Gasteiger partial charge in [0.1, 0.15) is 0 Å². The molecule has 1 aliphatic rings. The summed E-state index contributed by atoms with van der Waals surface area (Å²) in [7, 11) is 0. The highest BCUT2D eigenvalue weighted by atomic mass is 16.7. The number of esters is 2. The van der Waals surface area contributed by atoms with E-state index in [0.29, 0.717) is 25.7 Å². The Bertz CT molecular complexity index is 464. The van der Waals surface area contributed by atoms with Gasteiger partial charge in [-0.25, -0.2) is 0 Å². The predicted octanol–water partition coefficient (Wildman–Crippen LogP) is 6.66. The molecule has 0 aliphatic heterocycles. The maximum Gasteiger partial charge on any atom is 0.309 e. The molecule has 0 aromatic heterocycles. The SMILES string of the molecule is CC(CC(=O)OC1(OC(=O)CC(C)CC(C)(C)C)CCCCC1)CC(C)(C)C. The molecule has 0 radical (unpaired) electrons. The van der Waals surface area contributed by atoms with Gasteiger partial charge in [0.15, 0.2) is 0 Å². The molecule has 0 bridgehead atoms. The zero-order valence-corrected chi connectivity index (χ0v) is 19.7. The second-order valence-corrected chi connectivity index (χ2v) is 11.6. The van der Waals surface area contributed by atoms with Crippen LogP contribution in [-0.2, 0) is 19.1 Å². The Morgan fingerprint density at radius 2 is 1.11 bits per heavy atom. The maximum atomic E-state index is 12.6. The van der Waals surface area contributed by atoms with Gasteiger partial charge >= 0.3 is 11.9 Å². The minimum absolute atomic E-state index is 0.178. The summed E-state index contributed by atoms with van der Waals surface area (Å²) < 4.78 is 11.7. The first-order valence-electron chi connectivity index (χ1n) is 11.1. The van der Waals surface area contributed by atoms with Gasteiger partial charge in [-0.05, 0) is 48.3 Å². The highest BCUT2D eigenvalue weighted by molar-refractivity contribution is 5.72. The molecule has 164 valence electrons. The van der Waals surface area contributed by atoms with Gasteiger partial charge in [0, 0.05) is 25.7 Å². The molecule has 4 heteroatoms. The molecule has 0 aromatic rings. The monoisotopic (exact) mass is 396 g/mol. The molecule has 0 spiro atoms. The maximum absolute atomic E-state index is 12.6. The lowest BCUT2D eigenvalue weighted by Crippen LogP contribution is -2.42. The third-order valence-electron chi connectivity index (χ3n) is 5.17. The van der Waals surface area contributed by atoms with Crippen molar-refractivity contribution >= 4 is 11.9 Å². The van der Waals surface area contributed by atoms with Crippen molar-refractivity contribution in [2.75, 3.05) is 0 Å². The fraction of sp³-hybridized carbons (Fsp3) is 0.917. The average Bonchev–Trinajstić information content (AvgIpc) is 2.42. The molecule has 1 aliphatic carbocycles. The van der Waals surface area contributed by atoms with Crippen molar-refractivity contribution in [2.45, 2.75) is 119 Å². The van der Waals surface area contributed by atoms with Crippen molar-refractivity contribution in [3.63, 3.8) is 0 Å². The summed E-state index contributed by atoms with van der Waals surface area (Å²) in [6.45, 7) is 17.2. The first kappa shape index (κ1) is 25.0. The normalized spacial score (nSPS) is 19.6. The van der Waals surface area contributed by atoms with E-state index in [9.17, 15) is 9.59 Å². The van der Waals surface area contributed by atoms with E-state index in [2.05, 4.69) is 55.4 Å². The standard InChI is InChI=1S/C24H44O4/c1-18(16-22(3,4)5)14-20(25)27-24(12-10-9-11-13-24)28-21(26)15-19(2)17-23(6,7)8/h18-19H,9-17H2,1-8H3. The Morgan fingerprint density at radius 3 is 1.43 bits per heavy atom. The van der Waals surface area contributed by atoms with Crippen LogP contribution in [0.1, 0.15) is 113 Å². The summed E-state index contributed by atoms with van der Waals surface area (Å²) in [6, 6.07) is 0. The van der Waals surface area contributed by atoms with Gasteiger partial charge in [-0.15, -0.1) is 0 Å². The van der Waals surface area contributed by atoms with Crippen molar-refractivity contribution in [3.05, 3.63) is 0 Å². The minimum atomic E-state index is -1.05. The first-order chi connectivity index (χ1) is 12.7. The van der Waals surface area contributed by atoms with E-state index in [1.54, 1.807) is 0 Å². The molecular weight excluding hydrogens is 352 g/mol. The third-order valence-corrected chi connectivity index (χ3v) is 5.17. The van der Waals surface area contributed by atoms with E-state index in [4.69, 9.17) is 9.47 Å². The van der Waals surface area contributed by atoms with Crippen molar-refractivity contribution in [1.82, 2.24) is 0 Å². The van der Waals surface area contributed by atoms with Gasteiger partial charge in [0.25, 0.3) is 5.79 Å². The molecular formula is C24H44O4. The average molecular weight is 397 g/mol. The molecule has 0 heterocycles. The molecule has 2 unspecified atom stereocenters. The summed E-state index contributed by atoms with van der Waals surface area (Å²) in [5.74, 6) is -1.04. The van der Waals surface area contributed by atoms with Crippen LogP contribution in [0.2, 0.25) is 0 Å². The van der Waals surface area contributed by atoms with Crippen molar-refractivity contribution < 1.29 is 19.1 Å². The van der Waals surface area contributed by atoms with Crippen molar-refractivity contribution in [1.29, 1.82) is 0 Å². The third kappa shape index (κ3) is 10.5. The highest BCUT2D eigenvalue weighted by Gasteiger charge is 2.40. The molecule has 1 fully saturated rings. The lowest BCUT2D eigenvalue weighted by atomic mass is 9.84. The van der Waals surface area contributed by atoms with Crippen LogP contribution in [0.3, 0.4) is 0 Å². The van der Waals surface area contributed by atoms with Crippen LogP contribution in [0.5, 0.6) is 0 Å². The van der Waals surface area contributed by atoms with E-state index < -0.39 is 5.79 Å². The Labute approximate surface area is 173 Å². The molecule has 0 aromatic carbocycles.